The molecule has 1 aliphatic heterocycles. The van der Waals surface area contributed by atoms with Crippen LogP contribution in [0.4, 0.5) is 11.4 Å². The molecule has 1 heterocycles. The minimum atomic E-state index is -4.26. The lowest BCUT2D eigenvalue weighted by atomic mass is 9.80. The molecule has 2 aromatic carbocycles. The number of anilines is 2. The van der Waals surface area contributed by atoms with Gasteiger partial charge in [0.15, 0.2) is 0 Å². The van der Waals surface area contributed by atoms with Gasteiger partial charge in [-0.2, -0.15) is 0 Å². The van der Waals surface area contributed by atoms with Crippen molar-refractivity contribution in [3.8, 4) is 5.75 Å². The first-order valence-electron chi connectivity index (χ1n) is 15.1. The third-order valence-electron chi connectivity index (χ3n) is 7.36. The van der Waals surface area contributed by atoms with Gasteiger partial charge in [0.25, 0.3) is 0 Å². The fraction of sp³-hybridized carbons (Fsp3) is 0.625. The zero-order valence-corrected chi connectivity index (χ0v) is 29.9. The van der Waals surface area contributed by atoms with Crippen LogP contribution < -0.4 is 15.0 Å². The van der Waals surface area contributed by atoms with Gasteiger partial charge in [0.2, 0.25) is 11.1 Å². The standard InChI is InChI=1S/C32H52N2O7P2/c1-13-37-42(35,38-14-2)29(43(36,39-15-3)40-16-4)32(23-17-19-25(20-18-23)34(11)12)33-27-22-24(30(5,6)7)21-26(28(27)41-32)31(8,9)10/h17-22,29,33H,13-16H2,1-12H3. The molecule has 0 saturated carbocycles. The Kier molecular flexibility index (Phi) is 11.0. The fourth-order valence-corrected chi connectivity index (χ4v) is 11.1. The Morgan fingerprint density at radius 3 is 1.63 bits per heavy atom. The van der Waals surface area contributed by atoms with Crippen molar-refractivity contribution < 1.29 is 32.0 Å². The molecule has 0 fully saturated rings. The van der Waals surface area contributed by atoms with Crippen LogP contribution in [0.15, 0.2) is 36.4 Å². The van der Waals surface area contributed by atoms with Crippen LogP contribution in [0.25, 0.3) is 0 Å². The Labute approximate surface area is 259 Å². The highest BCUT2D eigenvalue weighted by Gasteiger charge is 2.67. The number of nitrogens with zero attached hydrogens (tertiary/aromatic N) is 1. The van der Waals surface area contributed by atoms with Crippen LogP contribution in [0.2, 0.25) is 0 Å². The van der Waals surface area contributed by atoms with E-state index < -0.39 is 26.3 Å². The van der Waals surface area contributed by atoms with Crippen LogP contribution in [0, 0.1) is 0 Å². The lowest BCUT2D eigenvalue weighted by molar-refractivity contribution is 0.0936. The van der Waals surface area contributed by atoms with Crippen LogP contribution in [0.5, 0.6) is 5.75 Å². The van der Waals surface area contributed by atoms with E-state index in [4.69, 9.17) is 22.8 Å². The Morgan fingerprint density at radius 2 is 1.26 bits per heavy atom. The van der Waals surface area contributed by atoms with E-state index in [1.165, 1.54) is 0 Å². The van der Waals surface area contributed by atoms with E-state index in [1.807, 2.05) is 43.3 Å². The van der Waals surface area contributed by atoms with Crippen molar-refractivity contribution >= 4 is 26.6 Å². The molecule has 1 atom stereocenters. The maximum absolute atomic E-state index is 15.0. The molecule has 0 aromatic heterocycles. The van der Waals surface area contributed by atoms with Gasteiger partial charge in [-0.25, -0.2) is 0 Å². The minimum absolute atomic E-state index is 0.0516. The topological polar surface area (TPSA) is 95.6 Å². The zero-order chi connectivity index (χ0) is 32.4. The summed E-state index contributed by atoms with van der Waals surface area (Å²) >= 11 is 0. The van der Waals surface area contributed by atoms with Crippen molar-refractivity contribution in [1.82, 2.24) is 0 Å². The Bertz CT molecular complexity index is 1300. The summed E-state index contributed by atoms with van der Waals surface area (Å²) in [5.41, 5.74) is 2.08. The highest BCUT2D eigenvalue weighted by Crippen LogP contribution is 2.76. The molecule has 9 nitrogen and oxygen atoms in total. The van der Waals surface area contributed by atoms with Crippen molar-refractivity contribution in [1.29, 1.82) is 0 Å². The summed E-state index contributed by atoms with van der Waals surface area (Å²) in [6, 6.07) is 11.9. The van der Waals surface area contributed by atoms with Crippen molar-refractivity contribution in [2.24, 2.45) is 0 Å². The van der Waals surface area contributed by atoms with Gasteiger partial charge in [-0.15, -0.1) is 0 Å². The lowest BCUT2D eigenvalue weighted by Crippen LogP contribution is -2.49. The molecule has 2 aromatic rings. The van der Waals surface area contributed by atoms with E-state index >= 15 is 9.13 Å². The maximum Gasteiger partial charge on any atom is 0.352 e. The van der Waals surface area contributed by atoms with E-state index in [0.29, 0.717) is 17.0 Å². The van der Waals surface area contributed by atoms with E-state index in [1.54, 1.807) is 27.7 Å². The predicted molar refractivity (Wildman–Crippen MR) is 176 cm³/mol. The van der Waals surface area contributed by atoms with E-state index in [9.17, 15) is 0 Å². The number of fused-ring (bicyclic) bond motifs is 1. The summed E-state index contributed by atoms with van der Waals surface area (Å²) in [6.07, 6.45) is 0. The molecule has 1 unspecified atom stereocenters. The van der Waals surface area contributed by atoms with Crippen molar-refractivity contribution in [2.75, 3.05) is 50.7 Å². The smallest absolute Gasteiger partial charge is 0.352 e. The van der Waals surface area contributed by atoms with Crippen LogP contribution in [-0.2, 0) is 43.8 Å². The second kappa shape index (κ2) is 13.2. The number of benzene rings is 2. The fourth-order valence-electron chi connectivity index (χ4n) is 5.31. The highest BCUT2D eigenvalue weighted by atomic mass is 31.2. The number of hydrogen-bond donors (Lipinski definition) is 1. The summed E-state index contributed by atoms with van der Waals surface area (Å²) in [5, 5.41) is 2.07. The first kappa shape index (κ1) is 35.6. The molecule has 0 saturated heterocycles. The van der Waals surface area contributed by atoms with Gasteiger partial charge in [-0.1, -0.05) is 59.7 Å². The molecule has 1 aliphatic rings. The summed E-state index contributed by atoms with van der Waals surface area (Å²) in [4.78, 5) is 1.98. The number of hydrogen-bond acceptors (Lipinski definition) is 9. The monoisotopic (exact) mass is 638 g/mol. The largest absolute Gasteiger partial charge is 0.460 e. The van der Waals surface area contributed by atoms with Crippen LogP contribution in [0.1, 0.15) is 85.9 Å². The molecule has 43 heavy (non-hydrogen) atoms. The zero-order valence-electron chi connectivity index (χ0n) is 28.1. The highest BCUT2D eigenvalue weighted by molar-refractivity contribution is 7.72. The van der Waals surface area contributed by atoms with Crippen LogP contribution >= 0.6 is 15.2 Å². The minimum Gasteiger partial charge on any atom is -0.460 e. The summed E-state index contributed by atoms with van der Waals surface area (Å²) in [7, 11) is -4.62. The van der Waals surface area contributed by atoms with Crippen molar-refractivity contribution in [3.63, 3.8) is 0 Å². The van der Waals surface area contributed by atoms with Gasteiger partial charge in [-0.05, 0) is 62.3 Å². The molecule has 0 bridgehead atoms. The third kappa shape index (κ3) is 7.19. The molecule has 0 aliphatic carbocycles. The molecule has 1 N–H and O–H groups in total. The van der Waals surface area contributed by atoms with Gasteiger partial charge >= 0.3 is 15.2 Å². The van der Waals surface area contributed by atoms with Crippen molar-refractivity contribution in [2.45, 2.75) is 91.2 Å². The van der Waals surface area contributed by atoms with Gasteiger partial charge in [0.1, 0.15) is 5.75 Å². The van der Waals surface area contributed by atoms with E-state index in [-0.39, 0.29) is 37.3 Å². The summed E-state index contributed by atoms with van der Waals surface area (Å²) in [5.74, 6) is 0.585. The Hall–Kier alpha value is -1.86. The first-order chi connectivity index (χ1) is 19.9. The first-order valence-corrected chi connectivity index (χ1v) is 18.4. The number of ether oxygens (including phenoxy) is 1. The average Bonchev–Trinajstić information content (AvgIpc) is 3.27. The summed E-state index contributed by atoms with van der Waals surface area (Å²) < 4.78 is 60.8. The van der Waals surface area contributed by atoms with Crippen molar-refractivity contribution in [3.05, 3.63) is 53.1 Å². The molecule has 11 heteroatoms. The Balaban J connectivity index is 2.50. The van der Waals surface area contributed by atoms with Crippen LogP contribution in [-0.4, -0.2) is 45.9 Å². The molecule has 0 amide bonds. The molecule has 242 valence electrons. The molecular weight excluding hydrogens is 586 g/mol. The van der Waals surface area contributed by atoms with Gasteiger partial charge < -0.3 is 33.0 Å². The van der Waals surface area contributed by atoms with E-state index in [2.05, 4.69) is 59.0 Å². The number of nitrogens with one attached hydrogen (secondary N) is 1. The van der Waals surface area contributed by atoms with Gasteiger partial charge in [0.05, 0.1) is 32.1 Å². The normalized spacial score (nSPS) is 17.5. The molecule has 0 spiro atoms. The second-order valence-corrected chi connectivity index (χ2v) is 17.6. The lowest BCUT2D eigenvalue weighted by Gasteiger charge is -2.42. The van der Waals surface area contributed by atoms with E-state index in [0.717, 1.165) is 16.8 Å². The number of rotatable bonds is 13. The maximum atomic E-state index is 15.0. The molecule has 3 rings (SSSR count). The van der Waals surface area contributed by atoms with Gasteiger partial charge in [0, 0.05) is 30.9 Å². The third-order valence-corrected chi connectivity index (χ3v) is 13.5. The molecular formula is C32H52N2O7P2. The molecule has 0 radical (unpaired) electrons. The SMILES string of the molecule is CCOP(=O)(OCC)C(C1(c2ccc(N(C)C)cc2)Nc2cc(C(C)(C)C)cc(C(C)(C)C)c2O1)P(=O)(OCC)OCC. The quantitative estimate of drug-likeness (QED) is 0.216. The average molecular weight is 639 g/mol. The Morgan fingerprint density at radius 1 is 0.791 bits per heavy atom. The predicted octanol–water partition coefficient (Wildman–Crippen LogP) is 8.86. The van der Waals surface area contributed by atoms with Gasteiger partial charge in [-0.3, -0.25) is 9.13 Å². The van der Waals surface area contributed by atoms with Crippen LogP contribution in [0.3, 0.4) is 0 Å². The summed E-state index contributed by atoms with van der Waals surface area (Å²) in [6.45, 7) is 19.9. The second-order valence-electron chi connectivity index (χ2n) is 12.9.